The van der Waals surface area contributed by atoms with Gasteiger partial charge in [0.05, 0.1) is 22.1 Å². The molecule has 6 heteroatoms. The number of nitrogens with one attached hydrogen (secondary N) is 1. The molecule has 2 aromatic rings. The van der Waals surface area contributed by atoms with Gasteiger partial charge in [-0.1, -0.05) is 17.7 Å². The van der Waals surface area contributed by atoms with Crippen LogP contribution in [0, 0.1) is 5.82 Å². The fourth-order valence-corrected chi connectivity index (χ4v) is 1.78. The first-order valence-electron chi connectivity index (χ1n) is 5.39. The predicted octanol–water partition coefficient (Wildman–Crippen LogP) is 2.90. The molecule has 0 aliphatic heterocycles. The summed E-state index contributed by atoms with van der Waals surface area (Å²) >= 11 is 5.90. The van der Waals surface area contributed by atoms with Crippen molar-refractivity contribution in [3.05, 3.63) is 52.8 Å². The number of halogens is 2. The van der Waals surface area contributed by atoms with E-state index < -0.39 is 11.7 Å². The minimum atomic E-state index is -0.595. The van der Waals surface area contributed by atoms with Gasteiger partial charge in [0.15, 0.2) is 0 Å². The fourth-order valence-electron chi connectivity index (χ4n) is 1.57. The summed E-state index contributed by atoms with van der Waals surface area (Å²) in [5.41, 5.74) is 12.0. The van der Waals surface area contributed by atoms with Crippen molar-refractivity contribution in [3.63, 3.8) is 0 Å². The van der Waals surface area contributed by atoms with Gasteiger partial charge in [0.1, 0.15) is 5.82 Å². The molecule has 0 saturated heterocycles. The maximum atomic E-state index is 13.6. The highest BCUT2D eigenvalue weighted by atomic mass is 35.5. The molecule has 0 atom stereocenters. The Morgan fingerprint density at radius 1 is 1.26 bits per heavy atom. The van der Waals surface area contributed by atoms with Crippen LogP contribution in [-0.4, -0.2) is 5.91 Å². The lowest BCUT2D eigenvalue weighted by molar-refractivity contribution is 0.100. The zero-order valence-corrected chi connectivity index (χ0v) is 10.5. The number of primary amides is 1. The topological polar surface area (TPSA) is 81.1 Å². The van der Waals surface area contributed by atoms with Gasteiger partial charge in [-0.2, -0.15) is 0 Å². The summed E-state index contributed by atoms with van der Waals surface area (Å²) in [5.74, 6) is -1.11. The van der Waals surface area contributed by atoms with Gasteiger partial charge < -0.3 is 16.8 Å². The van der Waals surface area contributed by atoms with Crippen molar-refractivity contribution in [1.29, 1.82) is 0 Å². The summed E-state index contributed by atoms with van der Waals surface area (Å²) in [6.07, 6.45) is 0. The molecule has 0 heterocycles. The van der Waals surface area contributed by atoms with Crippen molar-refractivity contribution >= 4 is 34.6 Å². The molecule has 0 saturated carbocycles. The van der Waals surface area contributed by atoms with Crippen LogP contribution in [0.5, 0.6) is 0 Å². The maximum absolute atomic E-state index is 13.6. The first kappa shape index (κ1) is 13.2. The van der Waals surface area contributed by atoms with E-state index in [0.29, 0.717) is 11.4 Å². The van der Waals surface area contributed by atoms with Gasteiger partial charge in [-0.3, -0.25) is 4.79 Å². The summed E-state index contributed by atoms with van der Waals surface area (Å²) in [5, 5.41) is 2.98. The Morgan fingerprint density at radius 3 is 2.63 bits per heavy atom. The van der Waals surface area contributed by atoms with Crippen molar-refractivity contribution in [2.24, 2.45) is 5.73 Å². The molecule has 1 amide bonds. The number of anilines is 3. The van der Waals surface area contributed by atoms with E-state index >= 15 is 0 Å². The lowest BCUT2D eigenvalue weighted by Gasteiger charge is -2.12. The zero-order chi connectivity index (χ0) is 14.0. The molecule has 2 aromatic carbocycles. The molecule has 0 unspecified atom stereocenters. The number of hydrogen-bond acceptors (Lipinski definition) is 3. The van der Waals surface area contributed by atoms with E-state index in [1.165, 1.54) is 30.3 Å². The second-order valence-corrected chi connectivity index (χ2v) is 4.30. The van der Waals surface area contributed by atoms with Crippen LogP contribution in [0.15, 0.2) is 36.4 Å². The van der Waals surface area contributed by atoms with Gasteiger partial charge in [0.2, 0.25) is 5.91 Å². The molecule has 0 bridgehead atoms. The third-order valence-electron chi connectivity index (χ3n) is 2.56. The molecule has 0 aliphatic carbocycles. The Balaban J connectivity index is 2.43. The van der Waals surface area contributed by atoms with Crippen LogP contribution in [0.25, 0.3) is 0 Å². The summed E-state index contributed by atoms with van der Waals surface area (Å²) < 4.78 is 13.6. The second-order valence-electron chi connectivity index (χ2n) is 3.89. The number of carbonyl (C=O) groups is 1. The quantitative estimate of drug-likeness (QED) is 0.756. The summed E-state index contributed by atoms with van der Waals surface area (Å²) in [7, 11) is 0. The van der Waals surface area contributed by atoms with Crippen molar-refractivity contribution in [2.75, 3.05) is 11.1 Å². The molecular weight excluding hydrogens is 269 g/mol. The lowest BCUT2D eigenvalue weighted by Crippen LogP contribution is -2.11. The van der Waals surface area contributed by atoms with Crippen LogP contribution in [0.3, 0.4) is 0 Å². The molecule has 0 aliphatic rings. The van der Waals surface area contributed by atoms with Gasteiger partial charge in [-0.05, 0) is 30.3 Å². The number of amides is 1. The second kappa shape index (κ2) is 5.16. The molecule has 2 rings (SSSR count). The third-order valence-corrected chi connectivity index (χ3v) is 2.88. The van der Waals surface area contributed by atoms with Gasteiger partial charge in [0.25, 0.3) is 0 Å². The van der Waals surface area contributed by atoms with Crippen LogP contribution in [-0.2, 0) is 0 Å². The van der Waals surface area contributed by atoms with E-state index in [4.69, 9.17) is 23.1 Å². The van der Waals surface area contributed by atoms with Crippen molar-refractivity contribution < 1.29 is 9.18 Å². The maximum Gasteiger partial charge on any atom is 0.248 e. The molecule has 0 spiro atoms. The number of nitrogen functional groups attached to an aromatic ring is 1. The number of benzene rings is 2. The van der Waals surface area contributed by atoms with Crippen molar-refractivity contribution in [1.82, 2.24) is 0 Å². The van der Waals surface area contributed by atoms with Gasteiger partial charge >= 0.3 is 0 Å². The minimum absolute atomic E-state index is 0.0949. The van der Waals surface area contributed by atoms with Crippen LogP contribution in [0.4, 0.5) is 21.5 Å². The van der Waals surface area contributed by atoms with E-state index in [2.05, 4.69) is 5.32 Å². The standard InChI is InChI=1S/C13H11ClFN3O/c14-8-2-1-3-9(15)12(8)18-11-6-7(13(17)19)4-5-10(11)16/h1-6,18H,16H2,(H2,17,19). The van der Waals surface area contributed by atoms with E-state index in [9.17, 15) is 9.18 Å². The highest BCUT2D eigenvalue weighted by molar-refractivity contribution is 6.33. The normalized spacial score (nSPS) is 10.2. The average molecular weight is 280 g/mol. The number of rotatable bonds is 3. The van der Waals surface area contributed by atoms with E-state index in [-0.39, 0.29) is 16.3 Å². The largest absolute Gasteiger partial charge is 0.397 e. The first-order chi connectivity index (χ1) is 8.99. The van der Waals surface area contributed by atoms with E-state index in [1.54, 1.807) is 6.07 Å². The highest BCUT2D eigenvalue weighted by Gasteiger charge is 2.10. The molecule has 0 radical (unpaired) electrons. The zero-order valence-electron chi connectivity index (χ0n) is 9.78. The number of carbonyl (C=O) groups excluding carboxylic acids is 1. The van der Waals surface area contributed by atoms with Crippen LogP contribution in [0.2, 0.25) is 5.02 Å². The molecule has 0 fully saturated rings. The van der Waals surface area contributed by atoms with Crippen LogP contribution < -0.4 is 16.8 Å². The van der Waals surface area contributed by atoms with Crippen LogP contribution >= 0.6 is 11.6 Å². The summed E-state index contributed by atoms with van der Waals surface area (Å²) in [6.45, 7) is 0. The minimum Gasteiger partial charge on any atom is -0.397 e. The van der Waals surface area contributed by atoms with E-state index in [0.717, 1.165) is 0 Å². The van der Waals surface area contributed by atoms with Crippen molar-refractivity contribution in [2.45, 2.75) is 0 Å². The lowest BCUT2D eigenvalue weighted by atomic mass is 10.1. The Morgan fingerprint density at radius 2 is 2.00 bits per heavy atom. The monoisotopic (exact) mass is 279 g/mol. The Hall–Kier alpha value is -2.27. The van der Waals surface area contributed by atoms with Crippen molar-refractivity contribution in [3.8, 4) is 0 Å². The third kappa shape index (κ3) is 2.77. The Labute approximate surface area is 114 Å². The molecule has 4 nitrogen and oxygen atoms in total. The van der Waals surface area contributed by atoms with Gasteiger partial charge in [0, 0.05) is 5.56 Å². The molecular formula is C13H11ClFN3O. The summed E-state index contributed by atoms with van der Waals surface area (Å²) in [4.78, 5) is 11.1. The summed E-state index contributed by atoms with van der Waals surface area (Å²) in [6, 6.07) is 8.75. The average Bonchev–Trinajstić information content (AvgIpc) is 2.35. The first-order valence-corrected chi connectivity index (χ1v) is 5.77. The van der Waals surface area contributed by atoms with E-state index in [1.807, 2.05) is 0 Å². The van der Waals surface area contributed by atoms with Gasteiger partial charge in [-0.15, -0.1) is 0 Å². The molecule has 5 N–H and O–H groups in total. The number of hydrogen-bond donors (Lipinski definition) is 3. The SMILES string of the molecule is NC(=O)c1ccc(N)c(Nc2c(F)cccc2Cl)c1. The smallest absolute Gasteiger partial charge is 0.248 e. The highest BCUT2D eigenvalue weighted by Crippen LogP contribution is 2.31. The molecule has 19 heavy (non-hydrogen) atoms. The molecule has 0 aromatic heterocycles. The fraction of sp³-hybridized carbons (Fsp3) is 0. The molecule has 98 valence electrons. The van der Waals surface area contributed by atoms with Crippen LogP contribution in [0.1, 0.15) is 10.4 Å². The van der Waals surface area contributed by atoms with Gasteiger partial charge in [-0.25, -0.2) is 4.39 Å². The Bertz CT molecular complexity index is 626. The Kier molecular flexibility index (Phi) is 3.57. The predicted molar refractivity (Wildman–Crippen MR) is 74.1 cm³/mol. The number of nitrogens with two attached hydrogens (primary N) is 2. The number of para-hydroxylation sites is 1.